The average Bonchev–Trinajstić information content (AvgIpc) is 2.65. The number of carbonyl (C=O) groups excluding carboxylic acids is 1. The van der Waals surface area contributed by atoms with Crippen LogP contribution in [0, 0.1) is 6.92 Å². The molecule has 2 aromatic carbocycles. The van der Waals surface area contributed by atoms with Crippen LogP contribution in [0.3, 0.4) is 0 Å². The van der Waals surface area contributed by atoms with Crippen molar-refractivity contribution in [1.82, 2.24) is 4.31 Å². The number of hydrogen-bond donors (Lipinski definition) is 0. The summed E-state index contributed by atoms with van der Waals surface area (Å²) in [5.41, 5.74) is 2.54. The normalized spacial score (nSPS) is 17.6. The Bertz CT molecular complexity index is 901. The van der Waals surface area contributed by atoms with Crippen molar-refractivity contribution in [2.24, 2.45) is 0 Å². The molecular formula is C20H22ClNO3S. The van der Waals surface area contributed by atoms with Crippen molar-refractivity contribution in [3.63, 3.8) is 0 Å². The van der Waals surface area contributed by atoms with Gasteiger partial charge in [0.1, 0.15) is 0 Å². The number of rotatable bonds is 5. The van der Waals surface area contributed by atoms with E-state index in [1.54, 1.807) is 24.3 Å². The summed E-state index contributed by atoms with van der Waals surface area (Å²) >= 11 is 6.03. The molecule has 6 heteroatoms. The fourth-order valence-corrected chi connectivity index (χ4v) is 4.74. The van der Waals surface area contributed by atoms with Gasteiger partial charge in [0.25, 0.3) is 0 Å². The van der Waals surface area contributed by atoms with Crippen molar-refractivity contribution >= 4 is 33.0 Å². The lowest BCUT2D eigenvalue weighted by Gasteiger charge is -2.29. The van der Waals surface area contributed by atoms with E-state index in [4.69, 9.17) is 16.3 Å². The molecule has 0 bridgehead atoms. The third kappa shape index (κ3) is 4.18. The van der Waals surface area contributed by atoms with E-state index in [1.165, 1.54) is 0 Å². The van der Waals surface area contributed by atoms with Crippen LogP contribution in [0.15, 0.2) is 47.4 Å². The highest BCUT2D eigenvalue weighted by atomic mass is 35.5. The summed E-state index contributed by atoms with van der Waals surface area (Å²) in [6.07, 6.45) is 0.287. The van der Waals surface area contributed by atoms with Crippen LogP contribution in [0.1, 0.15) is 21.5 Å². The number of Topliss-reactive ketones (excluding diaryl/α,β-unsaturated/α-hetero) is 1. The molecule has 1 aliphatic heterocycles. The van der Waals surface area contributed by atoms with E-state index in [0.29, 0.717) is 41.8 Å². The molecule has 3 rings (SSSR count). The topological polar surface area (TPSA) is 46.6 Å². The van der Waals surface area contributed by atoms with Gasteiger partial charge in [0.15, 0.2) is 5.78 Å². The second-order valence-electron chi connectivity index (χ2n) is 6.38. The Morgan fingerprint density at radius 2 is 1.85 bits per heavy atom. The zero-order valence-corrected chi connectivity index (χ0v) is 16.3. The molecule has 0 N–H and O–H groups in total. The first-order chi connectivity index (χ1) is 12.4. The van der Waals surface area contributed by atoms with Gasteiger partial charge in [-0.15, -0.1) is 0 Å². The second kappa shape index (κ2) is 7.92. The number of morpholine rings is 1. The van der Waals surface area contributed by atoms with Crippen molar-refractivity contribution in [3.05, 3.63) is 64.2 Å². The fraction of sp³-hybridized carbons (Fsp3) is 0.300. The largest absolute Gasteiger partial charge is 0.379 e. The van der Waals surface area contributed by atoms with Crippen LogP contribution < -0.4 is 0 Å². The van der Waals surface area contributed by atoms with Crippen LogP contribution in [-0.2, 0) is 20.9 Å². The number of aryl methyl sites for hydroxylation is 1. The number of carbonyl (C=O) groups is 1. The minimum absolute atomic E-state index is 0.00357. The molecule has 4 nitrogen and oxygen atoms in total. The van der Waals surface area contributed by atoms with E-state index in [9.17, 15) is 9.00 Å². The van der Waals surface area contributed by atoms with E-state index in [-0.39, 0.29) is 12.2 Å². The molecule has 0 aliphatic carbocycles. The molecule has 138 valence electrons. The van der Waals surface area contributed by atoms with Gasteiger partial charge in [-0.1, -0.05) is 29.8 Å². The molecule has 0 aromatic heterocycles. The smallest absolute Gasteiger partial charge is 0.167 e. The zero-order chi connectivity index (χ0) is 18.7. The third-order valence-corrected chi connectivity index (χ3v) is 7.04. The molecule has 1 heterocycles. The van der Waals surface area contributed by atoms with Crippen molar-refractivity contribution in [3.8, 4) is 0 Å². The average molecular weight is 392 g/mol. The van der Waals surface area contributed by atoms with Crippen molar-refractivity contribution in [2.45, 2.75) is 18.2 Å². The summed E-state index contributed by atoms with van der Waals surface area (Å²) in [4.78, 5) is 13.2. The lowest BCUT2D eigenvalue weighted by Crippen LogP contribution is -2.40. The number of halogens is 1. The van der Waals surface area contributed by atoms with E-state index in [2.05, 4.69) is 5.87 Å². The van der Waals surface area contributed by atoms with Gasteiger partial charge >= 0.3 is 0 Å². The number of nitrogens with zero attached hydrogens (tertiary/aromatic N) is 1. The first-order valence-electron chi connectivity index (χ1n) is 8.46. The van der Waals surface area contributed by atoms with E-state index >= 15 is 0 Å². The molecule has 1 unspecified atom stereocenters. The quantitative estimate of drug-likeness (QED) is 0.579. The summed E-state index contributed by atoms with van der Waals surface area (Å²) in [6, 6.07) is 12.5. The molecule has 0 radical (unpaired) electrons. The summed E-state index contributed by atoms with van der Waals surface area (Å²) in [5.74, 6) is 3.93. The van der Waals surface area contributed by atoms with E-state index in [0.717, 1.165) is 11.1 Å². The van der Waals surface area contributed by atoms with Crippen molar-refractivity contribution < 1.29 is 13.7 Å². The predicted molar refractivity (Wildman–Crippen MR) is 107 cm³/mol. The van der Waals surface area contributed by atoms with Gasteiger partial charge in [0.05, 0.1) is 22.9 Å². The van der Waals surface area contributed by atoms with Gasteiger partial charge in [-0.25, -0.2) is 8.51 Å². The number of hydrogen-bond acceptors (Lipinski definition) is 3. The molecule has 0 amide bonds. The SMILES string of the molecule is C=S(=O)(c1ccc(C(=O)Cc2cc(Cl)ccc2C)cc1)N1CCOCC1. The highest BCUT2D eigenvalue weighted by Crippen LogP contribution is 2.20. The Balaban J connectivity index is 1.76. The first-order valence-corrected chi connectivity index (χ1v) is 10.5. The minimum Gasteiger partial charge on any atom is -0.379 e. The maximum atomic E-state index is 13.1. The maximum absolute atomic E-state index is 13.1. The zero-order valence-electron chi connectivity index (χ0n) is 14.7. The summed E-state index contributed by atoms with van der Waals surface area (Å²) in [7, 11) is -2.55. The van der Waals surface area contributed by atoms with Crippen LogP contribution >= 0.6 is 11.6 Å². The van der Waals surface area contributed by atoms with Crippen LogP contribution in [0.5, 0.6) is 0 Å². The monoisotopic (exact) mass is 391 g/mol. The van der Waals surface area contributed by atoms with Gasteiger partial charge in [-0.2, -0.15) is 0 Å². The molecule has 26 heavy (non-hydrogen) atoms. The minimum atomic E-state index is -2.55. The summed E-state index contributed by atoms with van der Waals surface area (Å²) in [6.45, 7) is 4.26. The third-order valence-electron chi connectivity index (χ3n) is 4.59. The Labute approximate surface area is 159 Å². The molecule has 2 aromatic rings. The van der Waals surface area contributed by atoms with Gasteiger partial charge in [-0.3, -0.25) is 4.79 Å². The number of benzene rings is 2. The Morgan fingerprint density at radius 3 is 2.50 bits per heavy atom. The molecule has 0 saturated carbocycles. The van der Waals surface area contributed by atoms with Crippen molar-refractivity contribution in [2.75, 3.05) is 26.3 Å². The van der Waals surface area contributed by atoms with Gasteiger partial charge in [0, 0.05) is 35.0 Å². The molecule has 1 fully saturated rings. The highest BCUT2D eigenvalue weighted by Gasteiger charge is 2.21. The van der Waals surface area contributed by atoms with Crippen LogP contribution in [0.25, 0.3) is 0 Å². The lowest BCUT2D eigenvalue weighted by atomic mass is 9.99. The summed E-state index contributed by atoms with van der Waals surface area (Å²) in [5, 5.41) is 0.621. The van der Waals surface area contributed by atoms with E-state index in [1.807, 2.05) is 29.4 Å². The Morgan fingerprint density at radius 1 is 1.19 bits per heavy atom. The predicted octanol–water partition coefficient (Wildman–Crippen LogP) is 3.40. The van der Waals surface area contributed by atoms with Crippen LogP contribution in [-0.4, -0.2) is 46.5 Å². The van der Waals surface area contributed by atoms with Gasteiger partial charge < -0.3 is 4.74 Å². The fourth-order valence-electron chi connectivity index (χ4n) is 2.95. The second-order valence-corrected chi connectivity index (χ2v) is 9.08. The van der Waals surface area contributed by atoms with E-state index < -0.39 is 9.71 Å². The molecular weight excluding hydrogens is 370 g/mol. The molecule has 1 aliphatic rings. The molecule has 0 spiro atoms. The van der Waals surface area contributed by atoms with Crippen LogP contribution in [0.4, 0.5) is 0 Å². The van der Waals surface area contributed by atoms with Gasteiger partial charge in [0.2, 0.25) is 0 Å². The maximum Gasteiger partial charge on any atom is 0.167 e. The first kappa shape index (κ1) is 19.1. The number of ether oxygens (including phenoxy) is 1. The van der Waals surface area contributed by atoms with Crippen molar-refractivity contribution in [1.29, 1.82) is 0 Å². The lowest BCUT2D eigenvalue weighted by molar-refractivity contribution is 0.0749. The van der Waals surface area contributed by atoms with Gasteiger partial charge in [-0.05, 0) is 48.2 Å². The standard InChI is InChI=1S/C20H22ClNO3S/c1-15-3-6-18(21)13-17(15)14-20(23)16-4-7-19(8-5-16)26(2,24)22-9-11-25-12-10-22/h3-8,13H,2,9-12,14H2,1H3. The molecule has 1 saturated heterocycles. The summed E-state index contributed by atoms with van der Waals surface area (Å²) < 4.78 is 20.2. The van der Waals surface area contributed by atoms with Crippen LogP contribution in [0.2, 0.25) is 5.02 Å². The number of ketones is 1. The Hall–Kier alpha value is -1.66. The molecule has 1 atom stereocenters. The highest BCUT2D eigenvalue weighted by molar-refractivity contribution is 7.98. The Kier molecular flexibility index (Phi) is 5.82.